The molecule has 1 radical (unpaired) electrons. The summed E-state index contributed by atoms with van der Waals surface area (Å²) >= 11 is -2.26. The van der Waals surface area contributed by atoms with Crippen LogP contribution in [-0.4, -0.2) is 60.9 Å². The SMILES string of the molecule is C[Si](C)(C)[N]([Ge]([O]C=O)[N]([Si](C)(C)C)[Si](C)(C)C)[Si](C)(C)C. The van der Waals surface area contributed by atoms with Gasteiger partial charge in [-0.3, -0.25) is 0 Å². The summed E-state index contributed by atoms with van der Waals surface area (Å²) in [5.74, 6) is 0. The molecule has 0 amide bonds. The minimum absolute atomic E-state index is 0.732. The van der Waals surface area contributed by atoms with Gasteiger partial charge in [-0.15, -0.1) is 0 Å². The Morgan fingerprint density at radius 3 is 1.00 bits per heavy atom. The van der Waals surface area contributed by atoms with Gasteiger partial charge in [-0.25, -0.2) is 0 Å². The van der Waals surface area contributed by atoms with Gasteiger partial charge in [0, 0.05) is 0 Å². The Morgan fingerprint density at radius 1 is 0.636 bits per heavy atom. The van der Waals surface area contributed by atoms with Gasteiger partial charge in [-0.1, -0.05) is 0 Å². The molecule has 0 atom stereocenters. The van der Waals surface area contributed by atoms with Gasteiger partial charge in [0.05, 0.1) is 0 Å². The first-order valence-electron chi connectivity index (χ1n) is 8.02. The third kappa shape index (κ3) is 6.36. The van der Waals surface area contributed by atoms with Gasteiger partial charge >= 0.3 is 148 Å². The van der Waals surface area contributed by atoms with Crippen molar-refractivity contribution in [2.24, 2.45) is 0 Å². The number of carbonyl (C=O) groups excluding carboxylic acids is 1. The monoisotopic (exact) mass is 439 g/mol. The molecule has 0 fully saturated rings. The minimum atomic E-state index is -2.26. The fraction of sp³-hybridized carbons (Fsp3) is 0.923. The zero-order valence-electron chi connectivity index (χ0n) is 16.8. The molecule has 0 aromatic carbocycles. The van der Waals surface area contributed by atoms with E-state index >= 15 is 0 Å². The maximum absolute atomic E-state index is 11.4. The second-order valence-corrected chi connectivity index (χ2v) is 37.2. The van der Waals surface area contributed by atoms with Crippen molar-refractivity contribution in [3.05, 3.63) is 0 Å². The molecule has 0 spiro atoms. The van der Waals surface area contributed by atoms with Crippen molar-refractivity contribution in [2.45, 2.75) is 78.6 Å². The van der Waals surface area contributed by atoms with E-state index in [1.807, 2.05) is 0 Å². The van der Waals surface area contributed by atoms with Gasteiger partial charge in [0.2, 0.25) is 0 Å². The fourth-order valence-corrected chi connectivity index (χ4v) is 42.5. The second kappa shape index (κ2) is 7.36. The van der Waals surface area contributed by atoms with Crippen LogP contribution in [-0.2, 0) is 8.56 Å². The molecule has 0 aliphatic rings. The molecular weight excluding hydrogens is 401 g/mol. The first-order chi connectivity index (χ1) is 9.44. The summed E-state index contributed by atoms with van der Waals surface area (Å²) in [7, 11) is -6.22. The van der Waals surface area contributed by atoms with E-state index in [1.54, 1.807) is 0 Å². The van der Waals surface area contributed by atoms with E-state index in [1.165, 1.54) is 0 Å². The van der Waals surface area contributed by atoms with Crippen LogP contribution in [0.1, 0.15) is 0 Å². The Balaban J connectivity index is 6.20. The third-order valence-electron chi connectivity index (χ3n) is 3.22. The summed E-state index contributed by atoms with van der Waals surface area (Å²) in [5, 5.41) is 0. The molecule has 0 saturated heterocycles. The molecule has 0 aromatic rings. The summed E-state index contributed by atoms with van der Waals surface area (Å²) in [4.78, 5) is 11.4. The molecule has 0 heterocycles. The Labute approximate surface area is 147 Å². The molecule has 0 aliphatic carbocycles. The number of nitrogens with zero attached hydrogens (tertiary/aromatic N) is 2. The van der Waals surface area contributed by atoms with Crippen LogP contribution in [0.5, 0.6) is 0 Å². The standard InChI is InChI=1S/C13H37GeN2O2Si4/c1-19(2,3)15(20(4,5)6)14(18-13-17)16(21(7,8)9)22(10,11)12/h13H,1-12H3. The average Bonchev–Trinajstić information content (AvgIpc) is 2.06. The summed E-state index contributed by atoms with van der Waals surface area (Å²) in [6, 6.07) is 0. The molecule has 9 heteroatoms. The van der Waals surface area contributed by atoms with Gasteiger partial charge < -0.3 is 0 Å². The van der Waals surface area contributed by atoms with E-state index in [0.717, 1.165) is 6.47 Å². The van der Waals surface area contributed by atoms with Gasteiger partial charge in [0.1, 0.15) is 0 Å². The zero-order valence-corrected chi connectivity index (χ0v) is 22.9. The van der Waals surface area contributed by atoms with E-state index < -0.39 is 48.1 Å². The molecule has 0 rings (SSSR count). The van der Waals surface area contributed by atoms with E-state index in [2.05, 4.69) is 84.9 Å². The van der Waals surface area contributed by atoms with Crippen LogP contribution in [0, 0.1) is 0 Å². The molecule has 0 aromatic heterocycles. The summed E-state index contributed by atoms with van der Waals surface area (Å²) in [6.45, 7) is 29.6. The molecular formula is C13H37GeN2O2Si4. The van der Waals surface area contributed by atoms with E-state index in [9.17, 15) is 4.79 Å². The summed E-state index contributed by atoms with van der Waals surface area (Å²) in [5.41, 5.74) is 0. The molecule has 0 unspecified atom stereocenters. The molecule has 131 valence electrons. The maximum atomic E-state index is 11.4. The van der Waals surface area contributed by atoms with Gasteiger partial charge in [-0.2, -0.15) is 0 Å². The molecule has 22 heavy (non-hydrogen) atoms. The normalized spacial score (nSPS) is 14.9. The van der Waals surface area contributed by atoms with Crippen LogP contribution in [0.2, 0.25) is 78.6 Å². The predicted molar refractivity (Wildman–Crippen MR) is 110 cm³/mol. The number of rotatable bonds is 8. The van der Waals surface area contributed by atoms with E-state index in [-0.39, 0.29) is 0 Å². The third-order valence-corrected chi connectivity index (χ3v) is 39.8. The van der Waals surface area contributed by atoms with Crippen molar-refractivity contribution in [1.82, 2.24) is 6.38 Å². The predicted octanol–water partition coefficient (Wildman–Crippen LogP) is 4.09. The van der Waals surface area contributed by atoms with Crippen LogP contribution in [0.4, 0.5) is 0 Å². The zero-order chi connectivity index (χ0) is 18.1. The quantitative estimate of drug-likeness (QED) is 0.422. The van der Waals surface area contributed by atoms with Crippen LogP contribution in [0.3, 0.4) is 0 Å². The molecule has 0 aliphatic heterocycles. The number of carbonyl (C=O) groups is 1. The van der Waals surface area contributed by atoms with Crippen LogP contribution in [0.25, 0.3) is 0 Å². The van der Waals surface area contributed by atoms with Crippen LogP contribution >= 0.6 is 0 Å². The topological polar surface area (TPSA) is 32.8 Å². The van der Waals surface area contributed by atoms with Crippen LogP contribution < -0.4 is 0 Å². The molecule has 0 bridgehead atoms. The Bertz CT molecular complexity index is 323. The molecule has 0 N–H and O–H groups in total. The first-order valence-corrected chi connectivity index (χ1v) is 24.5. The number of hydrogen-bond donors (Lipinski definition) is 0. The van der Waals surface area contributed by atoms with Gasteiger partial charge in [0.15, 0.2) is 0 Å². The fourth-order valence-electron chi connectivity index (χ4n) is 3.41. The van der Waals surface area contributed by atoms with Crippen molar-refractivity contribution < 1.29 is 8.56 Å². The summed E-state index contributed by atoms with van der Waals surface area (Å²) in [6.07, 6.45) is 0. The molecule has 0 saturated carbocycles. The van der Waals surface area contributed by atoms with Crippen molar-refractivity contribution in [3.63, 3.8) is 0 Å². The van der Waals surface area contributed by atoms with Crippen molar-refractivity contribution in [2.75, 3.05) is 0 Å². The number of hydrogen-bond acceptors (Lipinski definition) is 4. The van der Waals surface area contributed by atoms with Gasteiger partial charge in [0.25, 0.3) is 0 Å². The first kappa shape index (κ1) is 22.8. The van der Waals surface area contributed by atoms with Crippen LogP contribution in [0.15, 0.2) is 0 Å². The Hall–Kier alpha value is 0.800. The van der Waals surface area contributed by atoms with Crippen molar-refractivity contribution >= 4 is 54.5 Å². The van der Waals surface area contributed by atoms with Gasteiger partial charge in [-0.05, 0) is 0 Å². The Morgan fingerprint density at radius 2 is 0.864 bits per heavy atom. The summed E-state index contributed by atoms with van der Waals surface area (Å²) < 4.78 is 11.5. The van der Waals surface area contributed by atoms with Crippen molar-refractivity contribution in [3.8, 4) is 0 Å². The average molecular weight is 438 g/mol. The van der Waals surface area contributed by atoms with Crippen molar-refractivity contribution in [1.29, 1.82) is 0 Å². The molecule has 4 nitrogen and oxygen atoms in total. The van der Waals surface area contributed by atoms with E-state index in [4.69, 9.17) is 3.76 Å². The second-order valence-electron chi connectivity index (χ2n) is 9.85. The Kier molecular flexibility index (Phi) is 7.63. The van der Waals surface area contributed by atoms with E-state index in [0.29, 0.717) is 0 Å².